The van der Waals surface area contributed by atoms with E-state index in [1.54, 1.807) is 6.07 Å². The summed E-state index contributed by atoms with van der Waals surface area (Å²) in [7, 11) is 0. The number of aromatic nitrogens is 2. The number of amides is 1. The summed E-state index contributed by atoms with van der Waals surface area (Å²) in [5, 5.41) is 10.2. The van der Waals surface area contributed by atoms with E-state index in [2.05, 4.69) is 15.5 Å². The van der Waals surface area contributed by atoms with Crippen molar-refractivity contribution >= 4 is 5.91 Å². The fourth-order valence-corrected chi connectivity index (χ4v) is 2.24. The van der Waals surface area contributed by atoms with Crippen LogP contribution in [-0.2, 0) is 0 Å². The van der Waals surface area contributed by atoms with Gasteiger partial charge >= 0.3 is 0 Å². The first-order chi connectivity index (χ1) is 8.27. The lowest BCUT2D eigenvalue weighted by Crippen LogP contribution is -2.41. The first-order valence-electron chi connectivity index (χ1n) is 6.08. The van der Waals surface area contributed by atoms with Gasteiger partial charge < -0.3 is 11.1 Å². The van der Waals surface area contributed by atoms with Gasteiger partial charge in [0.2, 0.25) is 0 Å². The van der Waals surface area contributed by atoms with Gasteiger partial charge in [-0.2, -0.15) is 10.2 Å². The fraction of sp³-hybridized carbons (Fsp3) is 0.583. The zero-order chi connectivity index (χ0) is 12.1. The molecule has 1 aromatic heterocycles. The highest BCUT2D eigenvalue weighted by Gasteiger charge is 2.22. The highest BCUT2D eigenvalue weighted by Crippen LogP contribution is 2.22. The van der Waals surface area contributed by atoms with E-state index in [1.807, 2.05) is 0 Å². The Labute approximate surface area is 101 Å². The molecule has 1 aliphatic carbocycles. The van der Waals surface area contributed by atoms with Crippen molar-refractivity contribution in [2.45, 2.75) is 31.7 Å². The van der Waals surface area contributed by atoms with Gasteiger partial charge in [0.1, 0.15) is 0 Å². The molecule has 1 heterocycles. The van der Waals surface area contributed by atoms with Crippen molar-refractivity contribution in [3.63, 3.8) is 0 Å². The molecule has 0 radical (unpaired) electrons. The zero-order valence-corrected chi connectivity index (χ0v) is 9.80. The molecule has 1 aromatic rings. The van der Waals surface area contributed by atoms with Gasteiger partial charge in [-0.15, -0.1) is 0 Å². The molecule has 0 aliphatic heterocycles. The molecule has 0 aromatic carbocycles. The molecular weight excluding hydrogens is 216 g/mol. The Morgan fingerprint density at radius 2 is 2.24 bits per heavy atom. The second kappa shape index (κ2) is 5.72. The number of hydrogen-bond donors (Lipinski definition) is 2. The maximum absolute atomic E-state index is 11.8. The van der Waals surface area contributed by atoms with E-state index >= 15 is 0 Å². The van der Waals surface area contributed by atoms with Crippen LogP contribution in [0.3, 0.4) is 0 Å². The number of hydrogen-bond acceptors (Lipinski definition) is 4. The third kappa shape index (κ3) is 3.23. The summed E-state index contributed by atoms with van der Waals surface area (Å²) in [5.41, 5.74) is 6.58. The zero-order valence-electron chi connectivity index (χ0n) is 9.80. The Morgan fingerprint density at radius 1 is 1.41 bits per heavy atom. The second-order valence-electron chi connectivity index (χ2n) is 4.55. The fourth-order valence-electron chi connectivity index (χ4n) is 2.24. The van der Waals surface area contributed by atoms with Gasteiger partial charge in [-0.3, -0.25) is 4.79 Å². The normalized spacial score (nSPS) is 24.3. The average molecular weight is 234 g/mol. The van der Waals surface area contributed by atoms with Crippen LogP contribution in [0.2, 0.25) is 0 Å². The van der Waals surface area contributed by atoms with Crippen molar-refractivity contribution in [1.29, 1.82) is 0 Å². The molecule has 0 bridgehead atoms. The molecule has 92 valence electrons. The molecule has 2 unspecified atom stereocenters. The molecule has 1 amide bonds. The predicted octanol–water partition coefficient (Wildman–Crippen LogP) is 0.724. The van der Waals surface area contributed by atoms with Gasteiger partial charge in [-0.25, -0.2) is 0 Å². The third-order valence-electron chi connectivity index (χ3n) is 3.34. The van der Waals surface area contributed by atoms with Crippen molar-refractivity contribution in [2.75, 3.05) is 6.54 Å². The van der Waals surface area contributed by atoms with E-state index in [0.717, 1.165) is 12.8 Å². The molecule has 0 spiro atoms. The molecule has 1 fully saturated rings. The van der Waals surface area contributed by atoms with Gasteiger partial charge in [0.15, 0.2) is 0 Å². The van der Waals surface area contributed by atoms with Crippen molar-refractivity contribution in [2.24, 2.45) is 11.7 Å². The van der Waals surface area contributed by atoms with Crippen LogP contribution in [-0.4, -0.2) is 28.7 Å². The van der Waals surface area contributed by atoms with Gasteiger partial charge in [-0.1, -0.05) is 12.8 Å². The van der Waals surface area contributed by atoms with Crippen LogP contribution in [0.1, 0.15) is 36.0 Å². The standard InChI is InChI=1S/C12H18N4O/c13-11-4-2-1-3-9(11)7-14-12(17)10-5-6-15-16-8-10/h5-6,8-9,11H,1-4,7,13H2,(H,14,17). The topological polar surface area (TPSA) is 80.9 Å². The number of nitrogens with one attached hydrogen (secondary N) is 1. The summed E-state index contributed by atoms with van der Waals surface area (Å²) in [5.74, 6) is 0.306. The number of nitrogens with two attached hydrogens (primary N) is 1. The molecule has 0 saturated heterocycles. The molecular formula is C12H18N4O. The van der Waals surface area contributed by atoms with E-state index in [-0.39, 0.29) is 11.9 Å². The first kappa shape index (κ1) is 12.0. The van der Waals surface area contributed by atoms with Crippen LogP contribution in [0.25, 0.3) is 0 Å². The lowest BCUT2D eigenvalue weighted by Gasteiger charge is -2.28. The highest BCUT2D eigenvalue weighted by molar-refractivity contribution is 5.93. The van der Waals surface area contributed by atoms with Crippen molar-refractivity contribution in [1.82, 2.24) is 15.5 Å². The minimum absolute atomic E-state index is 0.0994. The average Bonchev–Trinajstić information content (AvgIpc) is 2.38. The van der Waals surface area contributed by atoms with Crippen LogP contribution in [0.4, 0.5) is 0 Å². The van der Waals surface area contributed by atoms with Crippen LogP contribution in [0.5, 0.6) is 0 Å². The molecule has 17 heavy (non-hydrogen) atoms. The summed E-state index contributed by atoms with van der Waals surface area (Å²) in [4.78, 5) is 11.8. The predicted molar refractivity (Wildman–Crippen MR) is 64.3 cm³/mol. The largest absolute Gasteiger partial charge is 0.352 e. The lowest BCUT2D eigenvalue weighted by atomic mass is 9.85. The van der Waals surface area contributed by atoms with Gasteiger partial charge in [0.25, 0.3) is 5.91 Å². The van der Waals surface area contributed by atoms with E-state index in [4.69, 9.17) is 5.73 Å². The summed E-state index contributed by atoms with van der Waals surface area (Å²) < 4.78 is 0. The van der Waals surface area contributed by atoms with E-state index in [9.17, 15) is 4.79 Å². The molecule has 5 heteroatoms. The monoisotopic (exact) mass is 234 g/mol. The number of carbonyl (C=O) groups is 1. The van der Waals surface area contributed by atoms with Gasteiger partial charge in [0, 0.05) is 12.6 Å². The Hall–Kier alpha value is -1.49. The highest BCUT2D eigenvalue weighted by atomic mass is 16.1. The van der Waals surface area contributed by atoms with Gasteiger partial charge in [0.05, 0.1) is 18.0 Å². The maximum atomic E-state index is 11.8. The van der Waals surface area contributed by atoms with E-state index < -0.39 is 0 Å². The lowest BCUT2D eigenvalue weighted by molar-refractivity contribution is 0.0941. The van der Waals surface area contributed by atoms with E-state index in [0.29, 0.717) is 18.0 Å². The maximum Gasteiger partial charge on any atom is 0.252 e. The number of carbonyl (C=O) groups excluding carboxylic acids is 1. The molecule has 2 atom stereocenters. The SMILES string of the molecule is NC1CCCCC1CNC(=O)c1ccnnc1. The van der Waals surface area contributed by atoms with Crippen molar-refractivity contribution < 1.29 is 4.79 Å². The Kier molecular flexibility index (Phi) is 4.03. The molecule has 1 aliphatic rings. The number of nitrogens with zero attached hydrogens (tertiary/aromatic N) is 2. The quantitative estimate of drug-likeness (QED) is 0.807. The number of rotatable bonds is 3. The third-order valence-corrected chi connectivity index (χ3v) is 3.34. The Bertz CT molecular complexity index is 368. The molecule has 5 nitrogen and oxygen atoms in total. The van der Waals surface area contributed by atoms with Crippen molar-refractivity contribution in [3.05, 3.63) is 24.0 Å². The summed E-state index contributed by atoms with van der Waals surface area (Å²) >= 11 is 0. The second-order valence-corrected chi connectivity index (χ2v) is 4.55. The van der Waals surface area contributed by atoms with E-state index in [1.165, 1.54) is 25.2 Å². The van der Waals surface area contributed by atoms with Crippen LogP contribution in [0, 0.1) is 5.92 Å². The van der Waals surface area contributed by atoms with Crippen LogP contribution >= 0.6 is 0 Å². The molecule has 3 N–H and O–H groups in total. The van der Waals surface area contributed by atoms with Gasteiger partial charge in [-0.05, 0) is 24.8 Å². The van der Waals surface area contributed by atoms with Crippen molar-refractivity contribution in [3.8, 4) is 0 Å². The summed E-state index contributed by atoms with van der Waals surface area (Å²) in [6.45, 7) is 0.655. The minimum atomic E-state index is -0.0994. The first-order valence-corrected chi connectivity index (χ1v) is 6.08. The molecule has 2 rings (SSSR count). The molecule has 1 saturated carbocycles. The Morgan fingerprint density at radius 3 is 2.94 bits per heavy atom. The Balaban J connectivity index is 1.84. The summed E-state index contributed by atoms with van der Waals surface area (Å²) in [6, 6.07) is 1.88. The minimum Gasteiger partial charge on any atom is -0.352 e. The van der Waals surface area contributed by atoms with Crippen LogP contribution < -0.4 is 11.1 Å². The smallest absolute Gasteiger partial charge is 0.252 e. The van der Waals surface area contributed by atoms with Crippen LogP contribution in [0.15, 0.2) is 18.5 Å². The summed E-state index contributed by atoms with van der Waals surface area (Å²) in [6.07, 6.45) is 7.58.